The van der Waals surface area contributed by atoms with Crippen LogP contribution in [0.5, 0.6) is 0 Å². The molecule has 1 aromatic rings. The highest BCUT2D eigenvalue weighted by atomic mass is 79.9. The quantitative estimate of drug-likeness (QED) is 0.769. The molecule has 6 heteroatoms. The number of hydroxylamine groups is 1. The average Bonchev–Trinajstić information content (AvgIpc) is 2.23. The van der Waals surface area contributed by atoms with E-state index in [2.05, 4.69) is 15.9 Å². The molecule has 0 fully saturated rings. The number of sulfonamides is 1. The fourth-order valence-corrected chi connectivity index (χ4v) is 2.91. The summed E-state index contributed by atoms with van der Waals surface area (Å²) in [6.45, 7) is 0.0249. The predicted molar refractivity (Wildman–Crippen MR) is 48.7 cm³/mol. The van der Waals surface area contributed by atoms with Gasteiger partial charge in [0.15, 0.2) is 0 Å². The number of halogens is 1. The maximum absolute atomic E-state index is 11.4. The summed E-state index contributed by atoms with van der Waals surface area (Å²) in [5.74, 6) is 0. The zero-order valence-electron chi connectivity index (χ0n) is 6.44. The van der Waals surface area contributed by atoms with Crippen molar-refractivity contribution < 1.29 is 13.6 Å². The monoisotopic (exact) mass is 263 g/mol. The van der Waals surface area contributed by atoms with Crippen LogP contribution in [0.15, 0.2) is 27.6 Å². The summed E-state index contributed by atoms with van der Waals surface area (Å²) >= 11 is 3.23. The molecule has 2 rings (SSSR count). The largest absolute Gasteiger partial charge is 0.299 e. The van der Waals surface area contributed by atoms with Crippen LogP contribution < -0.4 is 0 Å². The first kappa shape index (κ1) is 9.14. The second-order valence-corrected chi connectivity index (χ2v) is 5.46. The molecule has 0 atom stereocenters. The molecule has 1 aliphatic heterocycles. The summed E-state index contributed by atoms with van der Waals surface area (Å²) in [6, 6.07) is 4.80. The van der Waals surface area contributed by atoms with Crippen LogP contribution >= 0.6 is 15.9 Å². The van der Waals surface area contributed by atoms with E-state index in [1.165, 1.54) is 6.07 Å². The van der Waals surface area contributed by atoms with Gasteiger partial charge in [0.05, 0.1) is 11.4 Å². The Hall–Kier alpha value is -0.430. The second-order valence-electron chi connectivity index (χ2n) is 2.74. The Morgan fingerprint density at radius 3 is 2.85 bits per heavy atom. The highest BCUT2D eigenvalue weighted by Gasteiger charge is 2.33. The van der Waals surface area contributed by atoms with Crippen molar-refractivity contribution in [3.63, 3.8) is 0 Å². The van der Waals surface area contributed by atoms with Gasteiger partial charge in [-0.05, 0) is 23.8 Å². The van der Waals surface area contributed by atoms with Crippen LogP contribution in [-0.4, -0.2) is 18.1 Å². The number of nitrogens with zero attached hydrogens (tertiary/aromatic N) is 1. The number of hydrogen-bond donors (Lipinski definition) is 1. The molecule has 1 heterocycles. The first-order valence-electron chi connectivity index (χ1n) is 3.52. The molecule has 0 saturated carbocycles. The maximum atomic E-state index is 11.4. The Bertz CT molecular complexity index is 457. The Morgan fingerprint density at radius 1 is 1.46 bits per heavy atom. The minimum Gasteiger partial charge on any atom is -0.299 e. The predicted octanol–water partition coefficient (Wildman–Crippen LogP) is 1.34. The minimum absolute atomic E-state index is 0.0249. The fraction of sp³-hybridized carbons (Fsp3) is 0.143. The van der Waals surface area contributed by atoms with Crippen LogP contribution in [0.25, 0.3) is 0 Å². The van der Waals surface area contributed by atoms with Gasteiger partial charge in [-0.3, -0.25) is 5.21 Å². The van der Waals surface area contributed by atoms with Gasteiger partial charge in [-0.25, -0.2) is 8.42 Å². The average molecular weight is 264 g/mol. The van der Waals surface area contributed by atoms with Crippen LogP contribution in [0.2, 0.25) is 0 Å². The van der Waals surface area contributed by atoms with Gasteiger partial charge in [-0.2, -0.15) is 0 Å². The highest BCUT2D eigenvalue weighted by Crippen LogP contribution is 2.30. The van der Waals surface area contributed by atoms with Crippen molar-refractivity contribution in [3.8, 4) is 0 Å². The fourth-order valence-electron chi connectivity index (χ4n) is 1.27. The van der Waals surface area contributed by atoms with E-state index in [0.717, 1.165) is 4.47 Å². The molecular formula is C7H6BrNO3S. The van der Waals surface area contributed by atoms with E-state index in [1.807, 2.05) is 0 Å². The Morgan fingerprint density at radius 2 is 2.15 bits per heavy atom. The molecule has 0 aromatic heterocycles. The lowest BCUT2D eigenvalue weighted by atomic mass is 10.2. The molecule has 0 radical (unpaired) electrons. The number of hydrogen-bond acceptors (Lipinski definition) is 3. The molecule has 1 aliphatic rings. The molecule has 4 nitrogen and oxygen atoms in total. The zero-order chi connectivity index (χ0) is 9.64. The topological polar surface area (TPSA) is 57.6 Å². The van der Waals surface area contributed by atoms with Gasteiger partial charge in [-0.1, -0.05) is 20.4 Å². The molecule has 0 aliphatic carbocycles. The number of benzene rings is 1. The third-order valence-corrected chi connectivity index (χ3v) is 4.01. The van der Waals surface area contributed by atoms with Gasteiger partial charge >= 0.3 is 0 Å². The van der Waals surface area contributed by atoms with Crippen LogP contribution in [0.3, 0.4) is 0 Å². The van der Waals surface area contributed by atoms with Gasteiger partial charge in [0.2, 0.25) is 0 Å². The molecule has 13 heavy (non-hydrogen) atoms. The molecule has 1 aromatic carbocycles. The van der Waals surface area contributed by atoms with E-state index >= 15 is 0 Å². The van der Waals surface area contributed by atoms with Crippen molar-refractivity contribution in [3.05, 3.63) is 28.2 Å². The first-order valence-corrected chi connectivity index (χ1v) is 5.75. The van der Waals surface area contributed by atoms with Gasteiger partial charge in [-0.15, -0.1) is 0 Å². The Balaban J connectivity index is 2.69. The molecule has 0 bridgehead atoms. The lowest BCUT2D eigenvalue weighted by Crippen LogP contribution is -2.19. The first-order chi connectivity index (χ1) is 6.01. The van der Waals surface area contributed by atoms with Crippen LogP contribution in [0, 0.1) is 0 Å². The summed E-state index contributed by atoms with van der Waals surface area (Å²) < 4.78 is 23.9. The van der Waals surface area contributed by atoms with Crippen molar-refractivity contribution in [2.24, 2.45) is 0 Å². The van der Waals surface area contributed by atoms with E-state index in [-0.39, 0.29) is 11.4 Å². The van der Waals surface area contributed by atoms with Crippen molar-refractivity contribution in [1.82, 2.24) is 4.47 Å². The van der Waals surface area contributed by atoms with Crippen molar-refractivity contribution in [2.45, 2.75) is 11.4 Å². The summed E-state index contributed by atoms with van der Waals surface area (Å²) in [5, 5.41) is 9.10. The van der Waals surface area contributed by atoms with Crippen molar-refractivity contribution in [1.29, 1.82) is 0 Å². The van der Waals surface area contributed by atoms with E-state index in [0.29, 0.717) is 10.0 Å². The summed E-state index contributed by atoms with van der Waals surface area (Å²) in [7, 11) is -3.63. The Labute approximate surface area is 83.9 Å². The lowest BCUT2D eigenvalue weighted by molar-refractivity contribution is 0.00104. The molecule has 0 saturated heterocycles. The van der Waals surface area contributed by atoms with Gasteiger partial charge in [0, 0.05) is 4.47 Å². The normalized spacial score (nSPS) is 20.2. The van der Waals surface area contributed by atoms with Gasteiger partial charge < -0.3 is 0 Å². The van der Waals surface area contributed by atoms with Crippen LogP contribution in [-0.2, 0) is 16.6 Å². The lowest BCUT2D eigenvalue weighted by Gasteiger charge is -2.02. The third kappa shape index (κ3) is 1.30. The van der Waals surface area contributed by atoms with Crippen molar-refractivity contribution >= 4 is 26.0 Å². The highest BCUT2D eigenvalue weighted by molar-refractivity contribution is 9.10. The molecule has 0 unspecified atom stereocenters. The van der Waals surface area contributed by atoms with E-state index in [9.17, 15) is 8.42 Å². The minimum atomic E-state index is -3.63. The smallest absolute Gasteiger partial charge is 0.265 e. The summed E-state index contributed by atoms with van der Waals surface area (Å²) in [4.78, 5) is 0.179. The van der Waals surface area contributed by atoms with Crippen LogP contribution in [0.4, 0.5) is 0 Å². The van der Waals surface area contributed by atoms with E-state index in [4.69, 9.17) is 5.21 Å². The Kier molecular flexibility index (Phi) is 1.95. The molecule has 0 amide bonds. The maximum Gasteiger partial charge on any atom is 0.265 e. The van der Waals surface area contributed by atoms with Gasteiger partial charge in [0.25, 0.3) is 10.0 Å². The van der Waals surface area contributed by atoms with E-state index in [1.54, 1.807) is 12.1 Å². The SMILES string of the molecule is O=S1(=O)c2ccc(Br)cc2CN1O. The second kappa shape index (κ2) is 2.78. The third-order valence-electron chi connectivity index (χ3n) is 1.88. The van der Waals surface area contributed by atoms with Crippen molar-refractivity contribution in [2.75, 3.05) is 0 Å². The van der Waals surface area contributed by atoms with Crippen LogP contribution in [0.1, 0.15) is 5.56 Å². The molecule has 0 spiro atoms. The van der Waals surface area contributed by atoms with Gasteiger partial charge in [0.1, 0.15) is 0 Å². The zero-order valence-corrected chi connectivity index (χ0v) is 8.84. The number of fused-ring (bicyclic) bond motifs is 1. The number of rotatable bonds is 0. The molecule has 1 N–H and O–H groups in total. The molecule has 70 valence electrons. The standard InChI is InChI=1S/C7H6BrNO3S/c8-6-1-2-7-5(3-6)4-9(10)13(7,11)12/h1-3,10H,4H2. The summed E-state index contributed by atoms with van der Waals surface area (Å²) in [6.07, 6.45) is 0. The summed E-state index contributed by atoms with van der Waals surface area (Å²) in [5.41, 5.74) is 0.608. The molecular weight excluding hydrogens is 258 g/mol. The van der Waals surface area contributed by atoms with E-state index < -0.39 is 10.0 Å².